The minimum atomic E-state index is 0. The van der Waals surface area contributed by atoms with Crippen LogP contribution in [0.2, 0.25) is 0 Å². The number of nitrogens with one attached hydrogen (secondary N) is 2. The van der Waals surface area contributed by atoms with E-state index in [2.05, 4.69) is 117 Å². The van der Waals surface area contributed by atoms with E-state index in [1.54, 1.807) is 77.0 Å². The molecule has 0 bridgehead atoms. The van der Waals surface area contributed by atoms with Gasteiger partial charge in [0.2, 0.25) is 0 Å². The summed E-state index contributed by atoms with van der Waals surface area (Å²) < 4.78 is 2.10. The summed E-state index contributed by atoms with van der Waals surface area (Å²) in [6, 6.07) is 9.62. The van der Waals surface area contributed by atoms with Gasteiger partial charge in [-0.05, 0) is 55.5 Å². The van der Waals surface area contributed by atoms with E-state index in [0.29, 0.717) is 7.92 Å². The Morgan fingerprint density at radius 2 is 0.942 bits per heavy atom. The number of allylic oxidation sites excluding steroid dienone is 5. The molecule has 1 heterocycles. The van der Waals surface area contributed by atoms with Crippen LogP contribution in [0.1, 0.15) is 159 Å². The van der Waals surface area contributed by atoms with Gasteiger partial charge in [-0.15, -0.1) is 0 Å². The zero-order chi connectivity index (χ0) is 35.2. The zero-order valence-electron chi connectivity index (χ0n) is 32.9. The maximum atomic E-state index is 3.91. The Morgan fingerprint density at radius 1 is 0.577 bits per heavy atom. The van der Waals surface area contributed by atoms with E-state index < -0.39 is 0 Å². The maximum Gasteiger partial charge on any atom is -1.00 e. The Kier molecular flexibility index (Phi) is 17.6. The molecule has 52 heavy (non-hydrogen) atoms. The van der Waals surface area contributed by atoms with Crippen molar-refractivity contribution < 1.29 is 51.8 Å². The molecule has 2 aromatic carbocycles. The van der Waals surface area contributed by atoms with E-state index in [1.807, 2.05) is 0 Å². The molecular formula is C46H65Br2N2PRu. The molecule has 6 heteroatoms. The summed E-state index contributed by atoms with van der Waals surface area (Å²) in [6.07, 6.45) is 31.3. The maximum absolute atomic E-state index is 3.91. The monoisotopic (exact) mass is 936 g/mol. The van der Waals surface area contributed by atoms with Crippen LogP contribution in [0.3, 0.4) is 0 Å². The van der Waals surface area contributed by atoms with Gasteiger partial charge in [0.25, 0.3) is 0 Å². The number of hydrogen-bond acceptors (Lipinski definition) is 2. The average Bonchev–Trinajstić information content (AvgIpc) is 3.53. The van der Waals surface area contributed by atoms with Gasteiger partial charge in [0, 0.05) is 0 Å². The third-order valence-corrected chi connectivity index (χ3v) is 17.1. The van der Waals surface area contributed by atoms with E-state index in [1.165, 1.54) is 91.9 Å². The first-order valence-corrected chi connectivity index (χ1v) is 22.8. The smallest absolute Gasteiger partial charge is 1.00 e. The van der Waals surface area contributed by atoms with E-state index in [0.717, 1.165) is 12.2 Å². The number of aryl methyl sites for hydroxylation is 6. The average molecular weight is 938 g/mol. The van der Waals surface area contributed by atoms with Gasteiger partial charge in [-0.2, -0.15) is 0 Å². The van der Waals surface area contributed by atoms with Gasteiger partial charge in [0.15, 0.2) is 0 Å². The Morgan fingerprint density at radius 3 is 1.29 bits per heavy atom. The first-order chi connectivity index (χ1) is 24.2. The van der Waals surface area contributed by atoms with Crippen molar-refractivity contribution in [2.24, 2.45) is 0 Å². The van der Waals surface area contributed by atoms with Crippen LogP contribution in [0.25, 0.3) is 0 Å². The van der Waals surface area contributed by atoms with Crippen molar-refractivity contribution in [2.45, 2.75) is 173 Å². The van der Waals surface area contributed by atoms with E-state index >= 15 is 0 Å². The molecule has 2 N–H and O–H groups in total. The molecule has 286 valence electrons. The Balaban J connectivity index is 0.000000248. The van der Waals surface area contributed by atoms with Crippen LogP contribution in [0.5, 0.6) is 0 Å². The Labute approximate surface area is 349 Å². The first kappa shape index (κ1) is 43.9. The Hall–Kier alpha value is -0.857. The quantitative estimate of drug-likeness (QED) is 0.258. The molecule has 5 aliphatic rings. The molecule has 1 aliphatic heterocycles. The minimum Gasteiger partial charge on any atom is -1.00 e. The molecule has 0 spiro atoms. The minimum absolute atomic E-state index is 0. The van der Waals surface area contributed by atoms with Gasteiger partial charge in [0.1, 0.15) is 0 Å². The summed E-state index contributed by atoms with van der Waals surface area (Å²) in [4.78, 5) is 0. The second-order valence-corrected chi connectivity index (χ2v) is 20.0. The molecule has 0 amide bonds. The third-order valence-electron chi connectivity index (χ3n) is 12.4. The fraction of sp³-hybridized carbons (Fsp3) is 0.587. The van der Waals surface area contributed by atoms with Gasteiger partial charge in [-0.1, -0.05) is 65.7 Å². The molecule has 2 atom stereocenters. The van der Waals surface area contributed by atoms with Crippen molar-refractivity contribution in [3.8, 4) is 0 Å². The predicted molar refractivity (Wildman–Crippen MR) is 216 cm³/mol. The molecule has 2 nitrogen and oxygen atoms in total. The van der Waals surface area contributed by atoms with Gasteiger partial charge in [0.05, 0.1) is 0 Å². The van der Waals surface area contributed by atoms with Crippen molar-refractivity contribution in [1.82, 2.24) is 10.6 Å². The van der Waals surface area contributed by atoms with Crippen molar-refractivity contribution in [2.75, 3.05) is 0 Å². The predicted octanol–water partition coefficient (Wildman–Crippen LogP) is 6.43. The molecule has 2 aromatic rings. The van der Waals surface area contributed by atoms with E-state index in [9.17, 15) is 0 Å². The summed E-state index contributed by atoms with van der Waals surface area (Å²) in [5.74, 6) is 1.16. The second kappa shape index (κ2) is 20.9. The zero-order valence-corrected chi connectivity index (χ0v) is 38.7. The van der Waals surface area contributed by atoms with Crippen LogP contribution in [-0.2, 0) is 17.9 Å². The van der Waals surface area contributed by atoms with Gasteiger partial charge >= 0.3 is 197 Å². The van der Waals surface area contributed by atoms with Crippen molar-refractivity contribution in [1.29, 1.82) is 0 Å². The van der Waals surface area contributed by atoms with E-state index in [4.69, 9.17) is 0 Å². The SMILES string of the molecule is C1CCC(P(C2CCCCC2)C2CCCCC2)CC1.Cc1cc(C)c(C2NC(=C3C=C([CH]=[Ru+2])C=CC3)NC2c2c(C)cc(C)cc2C)c(C)c1.[Br-].[Br-]. The van der Waals surface area contributed by atoms with Crippen LogP contribution < -0.4 is 44.6 Å². The van der Waals surface area contributed by atoms with Crippen LogP contribution in [0.15, 0.2) is 59.5 Å². The molecular weight excluding hydrogens is 872 g/mol. The number of rotatable bonds is 6. The fourth-order valence-electron chi connectivity index (χ4n) is 10.4. The molecule has 2 unspecified atom stereocenters. The van der Waals surface area contributed by atoms with Crippen molar-refractivity contribution in [3.05, 3.63) is 104 Å². The molecule has 1 saturated heterocycles. The van der Waals surface area contributed by atoms with Crippen LogP contribution in [0.4, 0.5) is 0 Å². The molecule has 7 rings (SSSR count). The summed E-state index contributed by atoms with van der Waals surface area (Å²) in [7, 11) is 0.385. The largest absolute Gasteiger partial charge is 1.00 e. The van der Waals surface area contributed by atoms with Crippen LogP contribution >= 0.6 is 7.92 Å². The van der Waals surface area contributed by atoms with Gasteiger partial charge in [-0.3, -0.25) is 0 Å². The fourth-order valence-corrected chi connectivity index (χ4v) is 15.4. The van der Waals surface area contributed by atoms with Crippen molar-refractivity contribution in [3.63, 3.8) is 0 Å². The third kappa shape index (κ3) is 10.7. The van der Waals surface area contributed by atoms with E-state index in [-0.39, 0.29) is 46.0 Å². The summed E-state index contributed by atoms with van der Waals surface area (Å²) >= 11 is 2.62. The number of hydrogen-bond donors (Lipinski definition) is 2. The molecule has 4 fully saturated rings. The molecule has 3 saturated carbocycles. The first-order valence-electron chi connectivity index (χ1n) is 20.2. The number of benzene rings is 2. The Bertz CT molecular complexity index is 1440. The normalized spacial score (nSPS) is 22.7. The second-order valence-electron chi connectivity index (χ2n) is 16.4. The van der Waals surface area contributed by atoms with Gasteiger partial charge < -0.3 is 34.0 Å². The molecule has 0 radical (unpaired) electrons. The van der Waals surface area contributed by atoms with Crippen molar-refractivity contribution >= 4 is 12.5 Å². The number of halogens is 2. The summed E-state index contributed by atoms with van der Waals surface area (Å²) in [6.45, 7) is 13.4. The summed E-state index contributed by atoms with van der Waals surface area (Å²) in [5, 5.41) is 7.82. The molecule has 0 aromatic heterocycles. The van der Waals surface area contributed by atoms with Crippen LogP contribution in [-0.4, -0.2) is 21.6 Å². The van der Waals surface area contributed by atoms with Crippen LogP contribution in [0, 0.1) is 41.5 Å². The standard InChI is InChI=1S/C28H32N2.C18H33P.2BrH.Ru/c1-16-9-8-10-23(15-16)28-29-26(24-19(4)11-17(2)12-20(24)5)27(30-28)25-21(6)13-18(3)14-22(25)7;1-4-10-16(11-5-1)19(17-12-6-2-7-13-17)18-14-8-3-9-15-18;;;/h1,8-9,11-15,26-27,29-30H,10H2,2-7H3;16-18H,1-15H2;2*1H;/q;;;;+2/p-2. The van der Waals surface area contributed by atoms with Gasteiger partial charge in [-0.25, -0.2) is 0 Å². The topological polar surface area (TPSA) is 24.1 Å². The molecule has 4 aliphatic carbocycles. The summed E-state index contributed by atoms with van der Waals surface area (Å²) in [5.41, 5.74) is 17.0.